The summed E-state index contributed by atoms with van der Waals surface area (Å²) in [6.45, 7) is 3.43. The van der Waals surface area contributed by atoms with Gasteiger partial charge in [0.1, 0.15) is 5.75 Å². The standard InChI is InChI=1S/C18H21NO2/c1-14-7-5-10-16-17(11-6-12-20-18(14)16)19-21-13-15-8-3-2-4-9-15/h2-5,7-10,17,19H,6,11-13H2,1H3. The van der Waals surface area contributed by atoms with Crippen LogP contribution < -0.4 is 10.2 Å². The van der Waals surface area contributed by atoms with Gasteiger partial charge in [-0.2, -0.15) is 5.48 Å². The molecule has 3 rings (SSSR count). The molecular weight excluding hydrogens is 262 g/mol. The highest BCUT2D eigenvalue weighted by atomic mass is 16.6. The van der Waals surface area contributed by atoms with Crippen LogP contribution >= 0.6 is 0 Å². The lowest BCUT2D eigenvalue weighted by Gasteiger charge is -2.19. The van der Waals surface area contributed by atoms with E-state index in [1.165, 1.54) is 16.7 Å². The maximum Gasteiger partial charge on any atom is 0.127 e. The Balaban J connectivity index is 1.67. The van der Waals surface area contributed by atoms with Crippen LogP contribution in [0.3, 0.4) is 0 Å². The van der Waals surface area contributed by atoms with Crippen molar-refractivity contribution in [2.75, 3.05) is 6.61 Å². The molecular formula is C18H21NO2. The van der Waals surface area contributed by atoms with Gasteiger partial charge in [0, 0.05) is 5.56 Å². The fourth-order valence-corrected chi connectivity index (χ4v) is 2.69. The first-order valence-electron chi connectivity index (χ1n) is 7.48. The first-order chi connectivity index (χ1) is 10.3. The van der Waals surface area contributed by atoms with Crippen LogP contribution in [-0.4, -0.2) is 6.61 Å². The molecule has 1 aliphatic heterocycles. The number of hydrogen-bond acceptors (Lipinski definition) is 3. The van der Waals surface area contributed by atoms with Crippen molar-refractivity contribution >= 4 is 0 Å². The third-order valence-corrected chi connectivity index (χ3v) is 3.81. The van der Waals surface area contributed by atoms with E-state index in [9.17, 15) is 0 Å². The van der Waals surface area contributed by atoms with Gasteiger partial charge in [-0.3, -0.25) is 4.84 Å². The molecule has 1 heterocycles. The van der Waals surface area contributed by atoms with E-state index in [0.29, 0.717) is 6.61 Å². The predicted molar refractivity (Wildman–Crippen MR) is 83.0 cm³/mol. The summed E-state index contributed by atoms with van der Waals surface area (Å²) in [5.41, 5.74) is 6.76. The molecule has 0 fully saturated rings. The third kappa shape index (κ3) is 3.43. The van der Waals surface area contributed by atoms with Crippen LogP contribution in [-0.2, 0) is 11.4 Å². The molecule has 110 valence electrons. The molecule has 3 heteroatoms. The van der Waals surface area contributed by atoms with Crippen LogP contribution in [0.5, 0.6) is 5.75 Å². The Kier molecular flexibility index (Phi) is 4.53. The van der Waals surface area contributed by atoms with Gasteiger partial charge in [-0.25, -0.2) is 0 Å². The van der Waals surface area contributed by atoms with Gasteiger partial charge in [0.15, 0.2) is 0 Å². The number of aryl methyl sites for hydroxylation is 1. The average Bonchev–Trinajstić information content (AvgIpc) is 2.72. The molecule has 0 saturated carbocycles. The van der Waals surface area contributed by atoms with Gasteiger partial charge in [-0.15, -0.1) is 0 Å². The molecule has 1 N–H and O–H groups in total. The fourth-order valence-electron chi connectivity index (χ4n) is 2.69. The summed E-state index contributed by atoms with van der Waals surface area (Å²) >= 11 is 0. The highest BCUT2D eigenvalue weighted by molar-refractivity contribution is 5.43. The molecule has 1 unspecified atom stereocenters. The first-order valence-corrected chi connectivity index (χ1v) is 7.48. The van der Waals surface area contributed by atoms with Crippen molar-refractivity contribution in [3.63, 3.8) is 0 Å². The normalized spacial score (nSPS) is 17.7. The minimum absolute atomic E-state index is 0.186. The monoisotopic (exact) mass is 283 g/mol. The zero-order chi connectivity index (χ0) is 14.5. The number of hydrogen-bond donors (Lipinski definition) is 1. The van der Waals surface area contributed by atoms with Crippen molar-refractivity contribution in [1.82, 2.24) is 5.48 Å². The lowest BCUT2D eigenvalue weighted by Crippen LogP contribution is -2.21. The van der Waals surface area contributed by atoms with Crippen molar-refractivity contribution in [3.05, 3.63) is 65.2 Å². The van der Waals surface area contributed by atoms with E-state index in [1.807, 2.05) is 18.2 Å². The smallest absolute Gasteiger partial charge is 0.127 e. The minimum Gasteiger partial charge on any atom is -0.493 e. The van der Waals surface area contributed by atoms with E-state index in [0.717, 1.165) is 25.2 Å². The van der Waals surface area contributed by atoms with E-state index in [1.54, 1.807) is 0 Å². The largest absolute Gasteiger partial charge is 0.493 e. The summed E-state index contributed by atoms with van der Waals surface area (Å²) in [4.78, 5) is 5.71. The molecule has 2 aromatic carbocycles. The number of rotatable bonds is 4. The Hall–Kier alpha value is -1.84. The van der Waals surface area contributed by atoms with Crippen molar-refractivity contribution in [3.8, 4) is 5.75 Å². The van der Waals surface area contributed by atoms with E-state index < -0.39 is 0 Å². The molecule has 0 aromatic heterocycles. The summed E-state index contributed by atoms with van der Waals surface area (Å²) in [6, 6.07) is 16.7. The second kappa shape index (κ2) is 6.74. The molecule has 0 aliphatic carbocycles. The molecule has 3 nitrogen and oxygen atoms in total. The SMILES string of the molecule is Cc1cccc2c1OCCCC2NOCc1ccccc1. The lowest BCUT2D eigenvalue weighted by atomic mass is 10.0. The summed E-state index contributed by atoms with van der Waals surface area (Å²) in [5.74, 6) is 1.01. The van der Waals surface area contributed by atoms with Gasteiger partial charge in [-0.1, -0.05) is 48.5 Å². The Bertz CT molecular complexity index is 583. The molecule has 0 bridgehead atoms. The van der Waals surface area contributed by atoms with Crippen molar-refractivity contribution in [2.24, 2.45) is 0 Å². The Morgan fingerprint density at radius 2 is 2.00 bits per heavy atom. The van der Waals surface area contributed by atoms with Crippen molar-refractivity contribution < 1.29 is 9.57 Å². The summed E-state index contributed by atoms with van der Waals surface area (Å²) < 4.78 is 5.88. The summed E-state index contributed by atoms with van der Waals surface area (Å²) in [5, 5.41) is 0. The van der Waals surface area contributed by atoms with E-state index in [4.69, 9.17) is 9.57 Å². The van der Waals surface area contributed by atoms with Crippen LogP contribution in [0.15, 0.2) is 48.5 Å². The minimum atomic E-state index is 0.186. The molecule has 0 spiro atoms. The van der Waals surface area contributed by atoms with E-state index >= 15 is 0 Å². The van der Waals surface area contributed by atoms with Gasteiger partial charge < -0.3 is 4.74 Å². The second-order valence-electron chi connectivity index (χ2n) is 5.43. The van der Waals surface area contributed by atoms with Crippen LogP contribution in [0.25, 0.3) is 0 Å². The topological polar surface area (TPSA) is 30.5 Å². The predicted octanol–water partition coefficient (Wildman–Crippen LogP) is 3.93. The van der Waals surface area contributed by atoms with Crippen LogP contribution in [0.2, 0.25) is 0 Å². The van der Waals surface area contributed by atoms with Crippen LogP contribution in [0, 0.1) is 6.92 Å². The van der Waals surface area contributed by atoms with Gasteiger partial charge >= 0.3 is 0 Å². The Morgan fingerprint density at radius 3 is 2.86 bits per heavy atom. The molecule has 1 atom stereocenters. The molecule has 21 heavy (non-hydrogen) atoms. The highest BCUT2D eigenvalue weighted by Gasteiger charge is 2.20. The Morgan fingerprint density at radius 1 is 1.14 bits per heavy atom. The number of nitrogens with one attached hydrogen (secondary N) is 1. The fraction of sp³-hybridized carbons (Fsp3) is 0.333. The van der Waals surface area contributed by atoms with E-state index in [-0.39, 0.29) is 6.04 Å². The number of benzene rings is 2. The van der Waals surface area contributed by atoms with Crippen LogP contribution in [0.4, 0.5) is 0 Å². The lowest BCUT2D eigenvalue weighted by molar-refractivity contribution is 0.00114. The van der Waals surface area contributed by atoms with Gasteiger partial charge in [-0.05, 0) is 30.9 Å². The zero-order valence-corrected chi connectivity index (χ0v) is 12.3. The van der Waals surface area contributed by atoms with Crippen LogP contribution in [0.1, 0.15) is 35.6 Å². The summed E-state index contributed by atoms with van der Waals surface area (Å²) in [7, 11) is 0. The number of hydroxylamine groups is 1. The zero-order valence-electron chi connectivity index (χ0n) is 12.3. The quantitative estimate of drug-likeness (QED) is 0.862. The Labute approximate surface area is 125 Å². The molecule has 2 aromatic rings. The molecule has 1 aliphatic rings. The molecule has 0 radical (unpaired) electrons. The number of ether oxygens (including phenoxy) is 1. The second-order valence-corrected chi connectivity index (χ2v) is 5.43. The third-order valence-electron chi connectivity index (χ3n) is 3.81. The maximum absolute atomic E-state index is 5.88. The molecule has 0 amide bonds. The molecule has 0 saturated heterocycles. The van der Waals surface area contributed by atoms with Gasteiger partial charge in [0.05, 0.1) is 19.3 Å². The van der Waals surface area contributed by atoms with E-state index in [2.05, 4.69) is 42.7 Å². The average molecular weight is 283 g/mol. The summed E-state index contributed by atoms with van der Waals surface area (Å²) in [6.07, 6.45) is 2.05. The van der Waals surface area contributed by atoms with Gasteiger partial charge in [0.25, 0.3) is 0 Å². The highest BCUT2D eigenvalue weighted by Crippen LogP contribution is 2.33. The van der Waals surface area contributed by atoms with Gasteiger partial charge in [0.2, 0.25) is 0 Å². The number of fused-ring (bicyclic) bond motifs is 1. The maximum atomic E-state index is 5.88. The van der Waals surface area contributed by atoms with Crippen molar-refractivity contribution in [2.45, 2.75) is 32.4 Å². The first kappa shape index (κ1) is 14.1. The van der Waals surface area contributed by atoms with Crippen molar-refractivity contribution in [1.29, 1.82) is 0 Å². The number of para-hydroxylation sites is 1.